The molecule has 0 unspecified atom stereocenters. The molecule has 5 heteroatoms. The normalized spacial score (nSPS) is 10.8. The van der Waals surface area contributed by atoms with Gasteiger partial charge in [0.1, 0.15) is 29.3 Å². The predicted molar refractivity (Wildman–Crippen MR) is 92.0 cm³/mol. The van der Waals surface area contributed by atoms with Crippen molar-refractivity contribution in [3.63, 3.8) is 0 Å². The Bertz CT molecular complexity index is 850. The third kappa shape index (κ3) is 2.67. The summed E-state index contributed by atoms with van der Waals surface area (Å²) in [6, 6.07) is 9.60. The SMILES string of the molecule is COCc1cc(OC)cc(OC)c1-c1occ2c(OC)cccc12. The second-order valence-corrected chi connectivity index (χ2v) is 5.28. The Morgan fingerprint density at radius 2 is 1.67 bits per heavy atom. The van der Waals surface area contributed by atoms with Crippen molar-refractivity contribution in [3.05, 3.63) is 42.2 Å². The summed E-state index contributed by atoms with van der Waals surface area (Å²) < 4.78 is 27.6. The molecule has 0 spiro atoms. The fraction of sp³-hybridized carbons (Fsp3) is 0.263. The van der Waals surface area contributed by atoms with Crippen molar-refractivity contribution in [3.8, 4) is 28.6 Å². The van der Waals surface area contributed by atoms with E-state index in [0.29, 0.717) is 18.1 Å². The molecule has 0 saturated heterocycles. The molecule has 0 atom stereocenters. The second-order valence-electron chi connectivity index (χ2n) is 5.28. The van der Waals surface area contributed by atoms with E-state index in [9.17, 15) is 0 Å². The number of hydrogen-bond donors (Lipinski definition) is 0. The van der Waals surface area contributed by atoms with Crippen LogP contribution in [-0.2, 0) is 11.3 Å². The van der Waals surface area contributed by atoms with E-state index in [4.69, 9.17) is 23.4 Å². The molecular weight excluding hydrogens is 308 g/mol. The van der Waals surface area contributed by atoms with E-state index in [2.05, 4.69) is 0 Å². The summed E-state index contributed by atoms with van der Waals surface area (Å²) >= 11 is 0. The summed E-state index contributed by atoms with van der Waals surface area (Å²) in [7, 11) is 6.55. The molecule has 1 heterocycles. The fourth-order valence-electron chi connectivity index (χ4n) is 2.87. The first-order chi connectivity index (χ1) is 11.7. The lowest BCUT2D eigenvalue weighted by atomic mass is 10.0. The van der Waals surface area contributed by atoms with Gasteiger partial charge < -0.3 is 23.4 Å². The molecule has 0 N–H and O–H groups in total. The molecule has 0 saturated carbocycles. The molecule has 0 aliphatic heterocycles. The summed E-state index contributed by atoms with van der Waals surface area (Å²) in [6.45, 7) is 0.412. The second kappa shape index (κ2) is 6.84. The highest BCUT2D eigenvalue weighted by atomic mass is 16.5. The highest BCUT2D eigenvalue weighted by Crippen LogP contribution is 2.43. The third-order valence-electron chi connectivity index (χ3n) is 3.97. The summed E-state index contributed by atoms with van der Waals surface area (Å²) in [6.07, 6.45) is 1.70. The minimum absolute atomic E-state index is 0.412. The summed E-state index contributed by atoms with van der Waals surface area (Å²) in [5.41, 5.74) is 1.77. The van der Waals surface area contributed by atoms with E-state index in [1.807, 2.05) is 30.3 Å². The molecule has 0 aliphatic rings. The number of hydrogen-bond acceptors (Lipinski definition) is 5. The molecule has 0 fully saturated rings. The highest BCUT2D eigenvalue weighted by Gasteiger charge is 2.20. The lowest BCUT2D eigenvalue weighted by Gasteiger charge is -2.14. The van der Waals surface area contributed by atoms with Crippen molar-refractivity contribution >= 4 is 10.8 Å². The molecule has 0 amide bonds. The Morgan fingerprint density at radius 3 is 2.33 bits per heavy atom. The number of ether oxygens (including phenoxy) is 4. The van der Waals surface area contributed by atoms with Crippen molar-refractivity contribution in [2.24, 2.45) is 0 Å². The van der Waals surface area contributed by atoms with Gasteiger partial charge in [-0.25, -0.2) is 0 Å². The van der Waals surface area contributed by atoms with Crippen LogP contribution in [0.4, 0.5) is 0 Å². The van der Waals surface area contributed by atoms with Crippen LogP contribution in [0.3, 0.4) is 0 Å². The highest BCUT2D eigenvalue weighted by molar-refractivity contribution is 5.99. The molecule has 126 valence electrons. The predicted octanol–water partition coefficient (Wildman–Crippen LogP) is 4.27. The number of methoxy groups -OCH3 is 4. The Labute approximate surface area is 140 Å². The first-order valence-electron chi connectivity index (χ1n) is 7.51. The van der Waals surface area contributed by atoms with E-state index in [1.54, 1.807) is 34.7 Å². The average Bonchev–Trinajstić information content (AvgIpc) is 3.05. The quantitative estimate of drug-likeness (QED) is 0.676. The van der Waals surface area contributed by atoms with Crippen molar-refractivity contribution in [1.82, 2.24) is 0 Å². The van der Waals surface area contributed by atoms with Crippen molar-refractivity contribution in [2.45, 2.75) is 6.61 Å². The summed E-state index contributed by atoms with van der Waals surface area (Å²) in [5, 5.41) is 1.87. The zero-order chi connectivity index (χ0) is 17.1. The average molecular weight is 328 g/mol. The molecule has 24 heavy (non-hydrogen) atoms. The Balaban J connectivity index is 2.29. The zero-order valence-corrected chi connectivity index (χ0v) is 14.2. The largest absolute Gasteiger partial charge is 0.497 e. The van der Waals surface area contributed by atoms with E-state index < -0.39 is 0 Å². The maximum absolute atomic E-state index is 5.89. The van der Waals surface area contributed by atoms with Gasteiger partial charge in [-0.15, -0.1) is 0 Å². The van der Waals surface area contributed by atoms with Crippen molar-refractivity contribution < 1.29 is 23.4 Å². The first-order valence-corrected chi connectivity index (χ1v) is 7.51. The van der Waals surface area contributed by atoms with Crippen LogP contribution in [0.25, 0.3) is 22.1 Å². The van der Waals surface area contributed by atoms with Crippen LogP contribution in [0.5, 0.6) is 17.2 Å². The van der Waals surface area contributed by atoms with Gasteiger partial charge in [0.25, 0.3) is 0 Å². The smallest absolute Gasteiger partial charge is 0.145 e. The number of benzene rings is 2. The molecule has 3 aromatic rings. The van der Waals surface area contributed by atoms with Gasteiger partial charge >= 0.3 is 0 Å². The molecule has 0 aliphatic carbocycles. The molecule has 0 radical (unpaired) electrons. The number of furan rings is 1. The molecule has 1 aromatic heterocycles. The lowest BCUT2D eigenvalue weighted by molar-refractivity contribution is 0.184. The topological polar surface area (TPSA) is 50.1 Å². The van der Waals surface area contributed by atoms with Crippen molar-refractivity contribution in [2.75, 3.05) is 28.4 Å². The maximum Gasteiger partial charge on any atom is 0.145 e. The van der Waals surface area contributed by atoms with Gasteiger partial charge in [0.05, 0.1) is 38.9 Å². The Hall–Kier alpha value is -2.66. The summed E-state index contributed by atoms with van der Waals surface area (Å²) in [5.74, 6) is 2.86. The zero-order valence-electron chi connectivity index (χ0n) is 14.2. The van der Waals surface area contributed by atoms with E-state index >= 15 is 0 Å². The van der Waals surface area contributed by atoms with E-state index in [0.717, 1.165) is 33.4 Å². The standard InChI is InChI=1S/C19H20O5/c1-20-10-12-8-13(21-2)9-17(23-4)18(12)19-14-6-5-7-16(22-3)15(14)11-24-19/h5-9,11H,10H2,1-4H3. The fourth-order valence-corrected chi connectivity index (χ4v) is 2.87. The number of fused-ring (bicyclic) bond motifs is 1. The van der Waals surface area contributed by atoms with Crippen LogP contribution in [0, 0.1) is 0 Å². The van der Waals surface area contributed by atoms with Crippen LogP contribution in [0.1, 0.15) is 5.56 Å². The van der Waals surface area contributed by atoms with Crippen LogP contribution >= 0.6 is 0 Å². The molecular formula is C19H20O5. The monoisotopic (exact) mass is 328 g/mol. The van der Waals surface area contributed by atoms with Gasteiger partial charge in [-0.3, -0.25) is 0 Å². The van der Waals surface area contributed by atoms with Gasteiger partial charge in [0, 0.05) is 18.6 Å². The van der Waals surface area contributed by atoms with Gasteiger partial charge in [-0.05, 0) is 17.7 Å². The maximum atomic E-state index is 5.89. The van der Waals surface area contributed by atoms with Gasteiger partial charge in [-0.1, -0.05) is 12.1 Å². The molecule has 2 aromatic carbocycles. The minimum atomic E-state index is 0.412. The first kappa shape index (κ1) is 16.2. The lowest BCUT2D eigenvalue weighted by Crippen LogP contribution is -1.98. The Morgan fingerprint density at radius 1 is 0.875 bits per heavy atom. The van der Waals surface area contributed by atoms with Crippen molar-refractivity contribution in [1.29, 1.82) is 0 Å². The van der Waals surface area contributed by atoms with E-state index in [1.165, 1.54) is 0 Å². The van der Waals surface area contributed by atoms with Gasteiger partial charge in [-0.2, -0.15) is 0 Å². The van der Waals surface area contributed by atoms with Crippen LogP contribution in [-0.4, -0.2) is 28.4 Å². The van der Waals surface area contributed by atoms with Gasteiger partial charge in [0.2, 0.25) is 0 Å². The summed E-state index contributed by atoms with van der Waals surface area (Å²) in [4.78, 5) is 0. The molecule has 5 nitrogen and oxygen atoms in total. The Kier molecular flexibility index (Phi) is 4.62. The third-order valence-corrected chi connectivity index (χ3v) is 3.97. The minimum Gasteiger partial charge on any atom is -0.497 e. The van der Waals surface area contributed by atoms with E-state index in [-0.39, 0.29) is 0 Å². The van der Waals surface area contributed by atoms with Crippen LogP contribution in [0.15, 0.2) is 41.0 Å². The van der Waals surface area contributed by atoms with Crippen LogP contribution < -0.4 is 14.2 Å². The molecule has 0 bridgehead atoms. The number of rotatable bonds is 6. The molecule has 3 rings (SSSR count). The van der Waals surface area contributed by atoms with Crippen LogP contribution in [0.2, 0.25) is 0 Å². The van der Waals surface area contributed by atoms with Gasteiger partial charge in [0.15, 0.2) is 0 Å².